The first-order valence-corrected chi connectivity index (χ1v) is 17.9. The average Bonchev–Trinajstić information content (AvgIpc) is 3.61. The van der Waals surface area contributed by atoms with Gasteiger partial charge in [0.25, 0.3) is 5.56 Å². The van der Waals surface area contributed by atoms with Crippen molar-refractivity contribution < 1.29 is 9.47 Å². The fraction of sp³-hybridized carbons (Fsp3) is 0.250. The molecule has 0 N–H and O–H groups in total. The maximum atomic E-state index is 13.5. The quantitative estimate of drug-likeness (QED) is 0.150. The minimum atomic E-state index is -0.576. The maximum absolute atomic E-state index is 13.5. The van der Waals surface area contributed by atoms with E-state index in [9.17, 15) is 4.79 Å². The first-order valence-electron chi connectivity index (χ1n) is 17.9. The fourth-order valence-corrected chi connectivity index (χ4v) is 8.15. The highest BCUT2D eigenvalue weighted by Gasteiger charge is 2.45. The monoisotopic (exact) mass is 674 g/mol. The summed E-state index contributed by atoms with van der Waals surface area (Å²) in [5.74, 6) is 1.30. The summed E-state index contributed by atoms with van der Waals surface area (Å²) in [6.07, 6.45) is 5.19. The Morgan fingerprint density at radius 2 is 1.45 bits per heavy atom. The number of hydrogen-bond donors (Lipinski definition) is 0. The largest absolute Gasteiger partial charge is 0.439 e. The van der Waals surface area contributed by atoms with Crippen molar-refractivity contribution in [3.8, 4) is 22.8 Å². The van der Waals surface area contributed by atoms with Gasteiger partial charge in [-0.15, -0.1) is 0 Å². The number of aryl methyl sites for hydroxylation is 2. The van der Waals surface area contributed by atoms with Crippen LogP contribution in [0.4, 0.5) is 5.69 Å². The first-order chi connectivity index (χ1) is 25.0. The zero-order valence-corrected chi connectivity index (χ0v) is 29.4. The number of pyridine rings is 1. The van der Waals surface area contributed by atoms with E-state index in [-0.39, 0.29) is 11.8 Å². The Kier molecular flexibility index (Phi) is 8.74. The van der Waals surface area contributed by atoms with E-state index in [0.29, 0.717) is 23.8 Å². The molecule has 6 aromatic rings. The molecule has 7 heteroatoms. The molecule has 4 heterocycles. The van der Waals surface area contributed by atoms with E-state index >= 15 is 0 Å². The molecule has 0 amide bonds. The van der Waals surface area contributed by atoms with Gasteiger partial charge in [-0.1, -0.05) is 97.1 Å². The molecule has 2 aliphatic rings. The van der Waals surface area contributed by atoms with E-state index in [2.05, 4.69) is 109 Å². The molecule has 0 radical (unpaired) electrons. The van der Waals surface area contributed by atoms with Gasteiger partial charge >= 0.3 is 0 Å². The lowest BCUT2D eigenvalue weighted by molar-refractivity contribution is -0.0428. The van der Waals surface area contributed by atoms with Gasteiger partial charge in [-0.05, 0) is 92.5 Å². The molecule has 1 saturated heterocycles. The Morgan fingerprint density at radius 3 is 2.04 bits per heavy atom. The van der Waals surface area contributed by atoms with Gasteiger partial charge in [-0.25, -0.2) is 9.67 Å². The SMILES string of the molecule is Cc1cc(Oc2nccc3c2CCN3C(c2ccccc2)(c2ccccc2)c2ccccc2)ccc1-c1c(C)nn(C2CCCCO2)c(=O)c1C. The maximum Gasteiger partial charge on any atom is 0.272 e. The molecular formula is C44H42N4O3. The van der Waals surface area contributed by atoms with Crippen LogP contribution in [0.15, 0.2) is 126 Å². The van der Waals surface area contributed by atoms with Gasteiger partial charge in [0.2, 0.25) is 5.88 Å². The Bertz CT molecular complexity index is 2130. The predicted octanol–water partition coefficient (Wildman–Crippen LogP) is 9.08. The molecule has 256 valence electrons. The molecule has 8 rings (SSSR count). The van der Waals surface area contributed by atoms with Gasteiger partial charge < -0.3 is 14.4 Å². The lowest BCUT2D eigenvalue weighted by Crippen LogP contribution is -2.47. The highest BCUT2D eigenvalue weighted by molar-refractivity contribution is 5.73. The van der Waals surface area contributed by atoms with Crippen molar-refractivity contribution in [1.82, 2.24) is 14.8 Å². The molecule has 0 saturated carbocycles. The molecule has 1 fully saturated rings. The minimum absolute atomic E-state index is 0.103. The van der Waals surface area contributed by atoms with Crippen LogP contribution in [0.5, 0.6) is 11.6 Å². The second kappa shape index (κ2) is 13.6. The zero-order chi connectivity index (χ0) is 35.0. The summed E-state index contributed by atoms with van der Waals surface area (Å²) in [7, 11) is 0. The summed E-state index contributed by atoms with van der Waals surface area (Å²) in [5, 5.41) is 4.73. The van der Waals surface area contributed by atoms with Crippen LogP contribution in [-0.2, 0) is 16.7 Å². The number of anilines is 1. The van der Waals surface area contributed by atoms with Crippen molar-refractivity contribution >= 4 is 5.69 Å². The molecule has 51 heavy (non-hydrogen) atoms. The van der Waals surface area contributed by atoms with Gasteiger partial charge in [0, 0.05) is 41.7 Å². The number of aromatic nitrogens is 3. The molecule has 0 spiro atoms. The van der Waals surface area contributed by atoms with E-state index in [1.165, 1.54) is 21.4 Å². The molecule has 1 atom stereocenters. The van der Waals surface area contributed by atoms with Crippen LogP contribution < -0.4 is 15.2 Å². The van der Waals surface area contributed by atoms with E-state index in [1.54, 1.807) is 0 Å². The Labute approximate surface area is 299 Å². The average molecular weight is 675 g/mol. The van der Waals surface area contributed by atoms with Gasteiger partial charge in [-0.2, -0.15) is 5.10 Å². The second-order valence-corrected chi connectivity index (χ2v) is 13.6. The molecule has 1 unspecified atom stereocenters. The third kappa shape index (κ3) is 5.71. The number of rotatable bonds is 8. The third-order valence-electron chi connectivity index (χ3n) is 10.5. The summed E-state index contributed by atoms with van der Waals surface area (Å²) in [6.45, 7) is 7.35. The van der Waals surface area contributed by atoms with Crippen LogP contribution in [0.1, 0.15) is 64.6 Å². The van der Waals surface area contributed by atoms with Crippen molar-refractivity contribution in [2.45, 2.75) is 58.2 Å². The highest BCUT2D eigenvalue weighted by atomic mass is 16.5. The van der Waals surface area contributed by atoms with Crippen molar-refractivity contribution in [3.05, 3.63) is 171 Å². The summed E-state index contributed by atoms with van der Waals surface area (Å²) in [4.78, 5) is 20.8. The molecular weight excluding hydrogens is 633 g/mol. The Morgan fingerprint density at radius 1 is 0.804 bits per heavy atom. The topological polar surface area (TPSA) is 69.5 Å². The second-order valence-electron chi connectivity index (χ2n) is 13.6. The van der Waals surface area contributed by atoms with Gasteiger partial charge in [0.1, 0.15) is 11.3 Å². The van der Waals surface area contributed by atoms with Crippen LogP contribution in [0.25, 0.3) is 11.1 Å². The van der Waals surface area contributed by atoms with Crippen molar-refractivity contribution in [3.63, 3.8) is 0 Å². The van der Waals surface area contributed by atoms with Crippen molar-refractivity contribution in [2.24, 2.45) is 0 Å². The van der Waals surface area contributed by atoms with Gasteiger partial charge in [0.05, 0.1) is 5.69 Å². The molecule has 2 aromatic heterocycles. The van der Waals surface area contributed by atoms with Crippen molar-refractivity contribution in [2.75, 3.05) is 18.1 Å². The minimum Gasteiger partial charge on any atom is -0.439 e. The Hall–Kier alpha value is -5.53. The van der Waals surface area contributed by atoms with Crippen LogP contribution in [0.3, 0.4) is 0 Å². The highest BCUT2D eigenvalue weighted by Crippen LogP contribution is 2.49. The van der Waals surface area contributed by atoms with E-state index in [4.69, 9.17) is 19.6 Å². The smallest absolute Gasteiger partial charge is 0.272 e. The lowest BCUT2D eigenvalue weighted by Gasteiger charge is -2.45. The van der Waals surface area contributed by atoms with Gasteiger partial charge in [-0.3, -0.25) is 4.79 Å². The van der Waals surface area contributed by atoms with Crippen LogP contribution in [-0.4, -0.2) is 27.9 Å². The number of nitrogens with zero attached hydrogens (tertiary/aromatic N) is 4. The number of benzene rings is 4. The summed E-state index contributed by atoms with van der Waals surface area (Å²) < 4.78 is 14.0. The standard InChI is InChI=1S/C44H42N4O3/c1-30-29-36(22-23-37(30)41-31(2)43(49)48(46-32(41)3)40-21-13-14-28-50-40)51-42-38-25-27-47(39(38)24-26-45-42)44(33-15-7-4-8-16-33,34-17-9-5-10-18-34)35-19-11-6-12-20-35/h4-12,15-20,22-24,26,29,40H,13-14,21,25,27-28H2,1-3H3. The summed E-state index contributed by atoms with van der Waals surface area (Å²) in [5.41, 5.74) is 9.39. The van der Waals surface area contributed by atoms with Crippen LogP contribution in [0, 0.1) is 20.8 Å². The van der Waals surface area contributed by atoms with Crippen LogP contribution >= 0.6 is 0 Å². The summed E-state index contributed by atoms with van der Waals surface area (Å²) in [6, 6.07) is 40.5. The third-order valence-corrected chi connectivity index (χ3v) is 10.5. The molecule has 0 bridgehead atoms. The zero-order valence-electron chi connectivity index (χ0n) is 29.4. The fourth-order valence-electron chi connectivity index (χ4n) is 8.15. The summed E-state index contributed by atoms with van der Waals surface area (Å²) >= 11 is 0. The molecule has 2 aliphatic heterocycles. The van der Waals surface area contributed by atoms with Gasteiger partial charge in [0.15, 0.2) is 6.23 Å². The molecule has 0 aliphatic carbocycles. The van der Waals surface area contributed by atoms with Crippen molar-refractivity contribution in [1.29, 1.82) is 0 Å². The molecule has 4 aromatic carbocycles. The first kappa shape index (κ1) is 32.7. The van der Waals surface area contributed by atoms with E-state index in [1.807, 2.05) is 38.2 Å². The number of ether oxygens (including phenoxy) is 2. The number of hydrogen-bond acceptors (Lipinski definition) is 6. The normalized spacial score (nSPS) is 15.8. The predicted molar refractivity (Wildman–Crippen MR) is 202 cm³/mol. The lowest BCUT2D eigenvalue weighted by atomic mass is 9.75. The molecule has 7 nitrogen and oxygen atoms in total. The Balaban J connectivity index is 1.16. The number of fused-ring (bicyclic) bond motifs is 1. The van der Waals surface area contributed by atoms with E-state index < -0.39 is 5.54 Å². The van der Waals surface area contributed by atoms with E-state index in [0.717, 1.165) is 65.9 Å². The van der Waals surface area contributed by atoms with Crippen LogP contribution in [0.2, 0.25) is 0 Å².